The van der Waals surface area contributed by atoms with Gasteiger partial charge in [-0.1, -0.05) is 0 Å². The second-order valence-electron chi connectivity index (χ2n) is 3.93. The van der Waals surface area contributed by atoms with Gasteiger partial charge in [-0.3, -0.25) is 4.79 Å². The smallest absolute Gasteiger partial charge is 0.280 e. The molecule has 1 saturated carbocycles. The molecule has 2 rings (SSSR count). The predicted molar refractivity (Wildman–Crippen MR) is 54.3 cm³/mol. The Labute approximate surface area is 89.2 Å². The number of rotatable bonds is 3. The standard InChI is InChI=1S/C8H15N3O3S/c12-8-6-11(5-1-4-9-8)15(13,14)10-7-2-3-7/h7,10H,1-6H2,(H,9,12). The van der Waals surface area contributed by atoms with Crippen LogP contribution in [0, 0.1) is 0 Å². The molecular weight excluding hydrogens is 218 g/mol. The first-order valence-electron chi connectivity index (χ1n) is 5.12. The van der Waals surface area contributed by atoms with E-state index in [-0.39, 0.29) is 18.5 Å². The average molecular weight is 233 g/mol. The van der Waals surface area contributed by atoms with Crippen LogP contribution in [-0.2, 0) is 15.0 Å². The van der Waals surface area contributed by atoms with Crippen LogP contribution in [0.15, 0.2) is 0 Å². The Morgan fingerprint density at radius 3 is 2.80 bits per heavy atom. The molecule has 1 aliphatic carbocycles. The number of hydrogen-bond acceptors (Lipinski definition) is 3. The van der Waals surface area contributed by atoms with Crippen molar-refractivity contribution >= 4 is 16.1 Å². The number of carbonyl (C=O) groups is 1. The largest absolute Gasteiger partial charge is 0.355 e. The molecule has 1 amide bonds. The molecule has 2 fully saturated rings. The topological polar surface area (TPSA) is 78.5 Å². The molecule has 0 aromatic carbocycles. The molecule has 6 nitrogen and oxygen atoms in total. The summed E-state index contributed by atoms with van der Waals surface area (Å²) in [6.45, 7) is 0.886. The van der Waals surface area contributed by atoms with Gasteiger partial charge >= 0.3 is 0 Å². The van der Waals surface area contributed by atoms with E-state index in [0.717, 1.165) is 12.8 Å². The van der Waals surface area contributed by atoms with Crippen LogP contribution in [0.25, 0.3) is 0 Å². The van der Waals surface area contributed by atoms with Gasteiger partial charge in [-0.2, -0.15) is 17.4 Å². The van der Waals surface area contributed by atoms with Crippen LogP contribution in [0.5, 0.6) is 0 Å². The SMILES string of the molecule is O=C1CN(S(=O)(=O)NC2CC2)CCCN1. The number of carbonyl (C=O) groups excluding carboxylic acids is 1. The van der Waals surface area contributed by atoms with Gasteiger partial charge in [0.25, 0.3) is 10.2 Å². The second-order valence-corrected chi connectivity index (χ2v) is 5.64. The van der Waals surface area contributed by atoms with Crippen LogP contribution >= 0.6 is 0 Å². The molecule has 1 saturated heterocycles. The number of nitrogens with one attached hydrogen (secondary N) is 2. The summed E-state index contributed by atoms with van der Waals surface area (Å²) in [5.41, 5.74) is 0. The van der Waals surface area contributed by atoms with Crippen LogP contribution in [0.1, 0.15) is 19.3 Å². The normalized spacial score (nSPS) is 24.7. The molecule has 86 valence electrons. The van der Waals surface area contributed by atoms with Crippen LogP contribution in [-0.4, -0.2) is 44.3 Å². The molecule has 0 bridgehead atoms. The first-order chi connectivity index (χ1) is 7.08. The zero-order chi connectivity index (χ0) is 10.9. The fraction of sp³-hybridized carbons (Fsp3) is 0.875. The summed E-state index contributed by atoms with van der Waals surface area (Å²) in [5, 5.41) is 2.64. The molecule has 0 unspecified atom stereocenters. The highest BCUT2D eigenvalue weighted by Crippen LogP contribution is 2.20. The van der Waals surface area contributed by atoms with Gasteiger partial charge in [-0.25, -0.2) is 0 Å². The second kappa shape index (κ2) is 4.07. The summed E-state index contributed by atoms with van der Waals surface area (Å²) in [6.07, 6.45) is 2.47. The van der Waals surface area contributed by atoms with E-state index in [0.29, 0.717) is 19.5 Å². The molecule has 0 spiro atoms. The Kier molecular flexibility index (Phi) is 2.94. The van der Waals surface area contributed by atoms with Crippen molar-refractivity contribution in [2.75, 3.05) is 19.6 Å². The van der Waals surface area contributed by atoms with Crippen molar-refractivity contribution in [3.8, 4) is 0 Å². The molecule has 0 atom stereocenters. The molecule has 2 N–H and O–H groups in total. The maximum atomic E-state index is 11.8. The van der Waals surface area contributed by atoms with E-state index in [9.17, 15) is 13.2 Å². The van der Waals surface area contributed by atoms with Gasteiger partial charge in [-0.15, -0.1) is 0 Å². The lowest BCUT2D eigenvalue weighted by atomic mass is 10.4. The maximum Gasteiger partial charge on any atom is 0.280 e. The maximum absolute atomic E-state index is 11.8. The number of nitrogens with zero attached hydrogens (tertiary/aromatic N) is 1. The number of hydrogen-bond donors (Lipinski definition) is 2. The quantitative estimate of drug-likeness (QED) is 0.643. The fourth-order valence-electron chi connectivity index (χ4n) is 1.47. The van der Waals surface area contributed by atoms with Gasteiger partial charge in [0.2, 0.25) is 5.91 Å². The van der Waals surface area contributed by atoms with Crippen LogP contribution in [0.4, 0.5) is 0 Å². The van der Waals surface area contributed by atoms with Crippen molar-refractivity contribution in [2.24, 2.45) is 0 Å². The summed E-state index contributed by atoms with van der Waals surface area (Å²) in [4.78, 5) is 11.2. The molecule has 1 aliphatic heterocycles. The lowest BCUT2D eigenvalue weighted by molar-refractivity contribution is -0.120. The van der Waals surface area contributed by atoms with Crippen molar-refractivity contribution in [1.29, 1.82) is 0 Å². The summed E-state index contributed by atoms with van der Waals surface area (Å²) >= 11 is 0. The lowest BCUT2D eigenvalue weighted by Crippen LogP contribution is -2.44. The third-order valence-corrected chi connectivity index (χ3v) is 4.08. The summed E-state index contributed by atoms with van der Waals surface area (Å²) in [5.74, 6) is -0.228. The zero-order valence-corrected chi connectivity index (χ0v) is 9.22. The van der Waals surface area contributed by atoms with Gasteiger partial charge in [0.1, 0.15) is 0 Å². The minimum Gasteiger partial charge on any atom is -0.355 e. The Balaban J connectivity index is 2.02. The van der Waals surface area contributed by atoms with Gasteiger partial charge in [0.05, 0.1) is 6.54 Å². The molecular formula is C8H15N3O3S. The molecule has 1 heterocycles. The van der Waals surface area contributed by atoms with Gasteiger partial charge in [0, 0.05) is 19.1 Å². The zero-order valence-electron chi connectivity index (χ0n) is 8.40. The van der Waals surface area contributed by atoms with Crippen LogP contribution in [0.3, 0.4) is 0 Å². The summed E-state index contributed by atoms with van der Waals surface area (Å²) in [6, 6.07) is 0.0846. The Morgan fingerprint density at radius 2 is 2.13 bits per heavy atom. The van der Waals surface area contributed by atoms with Crippen LogP contribution < -0.4 is 10.0 Å². The molecule has 0 aromatic rings. The van der Waals surface area contributed by atoms with Gasteiger partial charge in [-0.05, 0) is 19.3 Å². The van der Waals surface area contributed by atoms with E-state index in [1.165, 1.54) is 4.31 Å². The van der Waals surface area contributed by atoms with Crippen molar-refractivity contribution in [1.82, 2.24) is 14.3 Å². The van der Waals surface area contributed by atoms with E-state index in [1.807, 2.05) is 0 Å². The highest BCUT2D eigenvalue weighted by molar-refractivity contribution is 7.87. The minimum atomic E-state index is -3.45. The molecule has 15 heavy (non-hydrogen) atoms. The average Bonchev–Trinajstić information content (AvgIpc) is 2.92. The Bertz CT molecular complexity index is 350. The van der Waals surface area contributed by atoms with Crippen molar-refractivity contribution < 1.29 is 13.2 Å². The molecule has 0 radical (unpaired) electrons. The first-order valence-corrected chi connectivity index (χ1v) is 6.56. The van der Waals surface area contributed by atoms with Crippen molar-refractivity contribution in [2.45, 2.75) is 25.3 Å². The van der Waals surface area contributed by atoms with E-state index in [1.54, 1.807) is 0 Å². The highest BCUT2D eigenvalue weighted by atomic mass is 32.2. The van der Waals surface area contributed by atoms with Gasteiger partial charge in [0.15, 0.2) is 0 Å². The third kappa shape index (κ3) is 2.90. The first kappa shape index (κ1) is 10.8. The fourth-order valence-corrected chi connectivity index (χ4v) is 2.93. The number of amides is 1. The van der Waals surface area contributed by atoms with E-state index < -0.39 is 10.2 Å². The molecule has 0 aromatic heterocycles. The van der Waals surface area contributed by atoms with Crippen LogP contribution in [0.2, 0.25) is 0 Å². The van der Waals surface area contributed by atoms with Crippen molar-refractivity contribution in [3.05, 3.63) is 0 Å². The summed E-state index contributed by atoms with van der Waals surface area (Å²) in [7, 11) is -3.45. The minimum absolute atomic E-state index is 0.0674. The predicted octanol–water partition coefficient (Wildman–Crippen LogP) is -1.19. The van der Waals surface area contributed by atoms with E-state index in [2.05, 4.69) is 10.0 Å². The highest BCUT2D eigenvalue weighted by Gasteiger charge is 2.32. The van der Waals surface area contributed by atoms with E-state index in [4.69, 9.17) is 0 Å². The Morgan fingerprint density at radius 1 is 1.40 bits per heavy atom. The van der Waals surface area contributed by atoms with E-state index >= 15 is 0 Å². The molecule has 7 heteroatoms. The third-order valence-electron chi connectivity index (χ3n) is 2.46. The van der Waals surface area contributed by atoms with Gasteiger partial charge < -0.3 is 5.32 Å². The Hall–Kier alpha value is -0.660. The molecule has 2 aliphatic rings. The van der Waals surface area contributed by atoms with Crippen molar-refractivity contribution in [3.63, 3.8) is 0 Å². The summed E-state index contributed by atoms with van der Waals surface area (Å²) < 4.78 is 27.3. The lowest BCUT2D eigenvalue weighted by Gasteiger charge is -2.18. The monoisotopic (exact) mass is 233 g/mol.